The highest BCUT2D eigenvalue weighted by Gasteiger charge is 2.25. The van der Waals surface area contributed by atoms with Gasteiger partial charge in [-0.15, -0.1) is 24.0 Å². The van der Waals surface area contributed by atoms with Crippen molar-refractivity contribution in [2.24, 2.45) is 16.6 Å². The lowest BCUT2D eigenvalue weighted by atomic mass is 9.85. The second-order valence-corrected chi connectivity index (χ2v) is 6.52. The Kier molecular flexibility index (Phi) is 7.83. The van der Waals surface area contributed by atoms with Crippen LogP contribution in [0.3, 0.4) is 0 Å². The molecule has 136 valence electrons. The van der Waals surface area contributed by atoms with Gasteiger partial charge in [0, 0.05) is 19.6 Å². The van der Waals surface area contributed by atoms with Crippen LogP contribution in [0.1, 0.15) is 36.8 Å². The van der Waals surface area contributed by atoms with Crippen molar-refractivity contribution < 1.29 is 9.15 Å². The highest BCUT2D eigenvalue weighted by atomic mass is 127. The van der Waals surface area contributed by atoms with Gasteiger partial charge < -0.3 is 20.2 Å². The molecule has 1 aliphatic heterocycles. The van der Waals surface area contributed by atoms with Gasteiger partial charge in [-0.05, 0) is 37.8 Å². The summed E-state index contributed by atoms with van der Waals surface area (Å²) in [7, 11) is 0. The molecule has 1 aromatic rings. The molecule has 2 aliphatic rings. The number of nitrogens with one attached hydrogen (secondary N) is 1. The molecule has 1 unspecified atom stereocenters. The van der Waals surface area contributed by atoms with Crippen molar-refractivity contribution in [3.63, 3.8) is 0 Å². The Morgan fingerprint density at radius 1 is 1.38 bits per heavy atom. The van der Waals surface area contributed by atoms with Crippen molar-refractivity contribution in [1.29, 1.82) is 0 Å². The molecule has 0 radical (unpaired) electrons. The third kappa shape index (κ3) is 5.35. The van der Waals surface area contributed by atoms with E-state index < -0.39 is 0 Å². The quantitative estimate of drug-likeness (QED) is 0.397. The fourth-order valence-corrected chi connectivity index (χ4v) is 3.09. The van der Waals surface area contributed by atoms with E-state index in [0.29, 0.717) is 12.5 Å². The predicted molar refractivity (Wildman–Crippen MR) is 106 cm³/mol. The molecule has 6 nitrogen and oxygen atoms in total. The van der Waals surface area contributed by atoms with Gasteiger partial charge >= 0.3 is 0 Å². The molecule has 1 atom stereocenters. The standard InChI is InChI=1S/C17H28N4O2.HI/c1-13-5-6-16(23-13)15(21-7-9-22-10-8-21)12-20-17(18)19-11-14-3-2-4-14;/h5-6,14-15H,2-4,7-12H2,1H3,(H3,18,19,20);1H. The van der Waals surface area contributed by atoms with Crippen molar-refractivity contribution >= 4 is 29.9 Å². The van der Waals surface area contributed by atoms with Crippen molar-refractivity contribution in [3.05, 3.63) is 23.7 Å². The van der Waals surface area contributed by atoms with Gasteiger partial charge in [0.2, 0.25) is 0 Å². The van der Waals surface area contributed by atoms with E-state index in [1.807, 2.05) is 19.1 Å². The molecule has 3 rings (SSSR count). The summed E-state index contributed by atoms with van der Waals surface area (Å²) in [5, 5.41) is 3.25. The maximum Gasteiger partial charge on any atom is 0.188 e. The van der Waals surface area contributed by atoms with E-state index >= 15 is 0 Å². The summed E-state index contributed by atoms with van der Waals surface area (Å²) in [6.45, 7) is 6.83. The van der Waals surface area contributed by atoms with Crippen LogP contribution in [0.25, 0.3) is 0 Å². The van der Waals surface area contributed by atoms with Crippen molar-refractivity contribution in [2.75, 3.05) is 39.4 Å². The molecule has 0 aromatic carbocycles. The van der Waals surface area contributed by atoms with Gasteiger partial charge in [-0.2, -0.15) is 0 Å². The summed E-state index contributed by atoms with van der Waals surface area (Å²) >= 11 is 0. The number of morpholine rings is 1. The van der Waals surface area contributed by atoms with Crippen LogP contribution < -0.4 is 11.1 Å². The zero-order valence-corrected chi connectivity index (χ0v) is 16.7. The zero-order valence-electron chi connectivity index (χ0n) is 14.4. The molecule has 0 amide bonds. The van der Waals surface area contributed by atoms with Crippen molar-refractivity contribution in [3.8, 4) is 0 Å². The van der Waals surface area contributed by atoms with E-state index in [-0.39, 0.29) is 30.0 Å². The molecule has 2 fully saturated rings. The van der Waals surface area contributed by atoms with Crippen LogP contribution in [0.15, 0.2) is 21.5 Å². The average Bonchev–Trinajstić information content (AvgIpc) is 2.93. The highest BCUT2D eigenvalue weighted by Crippen LogP contribution is 2.25. The number of aliphatic imine (C=N–C) groups is 1. The van der Waals surface area contributed by atoms with Crippen LogP contribution in [0, 0.1) is 12.8 Å². The van der Waals surface area contributed by atoms with Crippen LogP contribution in [0.5, 0.6) is 0 Å². The van der Waals surface area contributed by atoms with E-state index in [1.54, 1.807) is 0 Å². The first-order valence-electron chi connectivity index (χ1n) is 8.64. The van der Waals surface area contributed by atoms with Gasteiger partial charge in [0.1, 0.15) is 11.5 Å². The third-order valence-electron chi connectivity index (χ3n) is 4.81. The largest absolute Gasteiger partial charge is 0.465 e. The normalized spacial score (nSPS) is 21.0. The number of nitrogens with two attached hydrogens (primary N) is 1. The minimum absolute atomic E-state index is 0. The summed E-state index contributed by atoms with van der Waals surface area (Å²) in [5.74, 6) is 3.20. The van der Waals surface area contributed by atoms with Gasteiger partial charge in [0.05, 0.1) is 25.8 Å². The monoisotopic (exact) mass is 448 g/mol. The first-order chi connectivity index (χ1) is 11.2. The first-order valence-corrected chi connectivity index (χ1v) is 8.64. The van der Waals surface area contributed by atoms with Crippen molar-refractivity contribution in [2.45, 2.75) is 32.2 Å². The molecule has 1 saturated heterocycles. The Labute approximate surface area is 161 Å². The molecule has 7 heteroatoms. The molecular weight excluding hydrogens is 419 g/mol. The summed E-state index contributed by atoms with van der Waals surface area (Å²) in [5.41, 5.74) is 6.03. The number of rotatable bonds is 6. The van der Waals surface area contributed by atoms with Gasteiger partial charge in [-0.1, -0.05) is 6.42 Å². The number of hydrogen-bond acceptors (Lipinski definition) is 4. The van der Waals surface area contributed by atoms with Crippen LogP contribution in [-0.2, 0) is 4.74 Å². The Morgan fingerprint density at radius 3 is 2.71 bits per heavy atom. The highest BCUT2D eigenvalue weighted by molar-refractivity contribution is 14.0. The van der Waals surface area contributed by atoms with Crippen LogP contribution >= 0.6 is 24.0 Å². The number of nitrogens with zero attached hydrogens (tertiary/aromatic N) is 2. The molecular formula is C17H29IN4O2. The SMILES string of the molecule is Cc1ccc(C(CN=C(N)NCC2CCC2)N2CCOCC2)o1.I. The predicted octanol–water partition coefficient (Wildman–Crippen LogP) is 2.28. The van der Waals surface area contributed by atoms with Crippen LogP contribution in [0.4, 0.5) is 0 Å². The van der Waals surface area contributed by atoms with E-state index in [2.05, 4.69) is 15.2 Å². The maximum absolute atomic E-state index is 6.03. The van der Waals surface area contributed by atoms with Crippen LogP contribution in [-0.4, -0.2) is 50.3 Å². The van der Waals surface area contributed by atoms with Gasteiger partial charge in [-0.25, -0.2) is 0 Å². The number of halogens is 1. The smallest absolute Gasteiger partial charge is 0.188 e. The average molecular weight is 448 g/mol. The summed E-state index contributed by atoms with van der Waals surface area (Å²) in [6, 6.07) is 4.17. The van der Waals surface area contributed by atoms with E-state index in [0.717, 1.165) is 50.3 Å². The Morgan fingerprint density at radius 2 is 2.12 bits per heavy atom. The van der Waals surface area contributed by atoms with Gasteiger partial charge in [0.25, 0.3) is 0 Å². The third-order valence-corrected chi connectivity index (χ3v) is 4.81. The number of furan rings is 1. The lowest BCUT2D eigenvalue weighted by molar-refractivity contribution is 0.0135. The first kappa shape index (κ1) is 19.5. The molecule has 1 aromatic heterocycles. The number of hydrogen-bond donors (Lipinski definition) is 2. The van der Waals surface area contributed by atoms with Gasteiger partial charge in [0.15, 0.2) is 5.96 Å². The second-order valence-electron chi connectivity index (χ2n) is 6.52. The van der Waals surface area contributed by atoms with Crippen molar-refractivity contribution in [1.82, 2.24) is 10.2 Å². The van der Waals surface area contributed by atoms with E-state index in [4.69, 9.17) is 14.9 Å². The minimum Gasteiger partial charge on any atom is -0.465 e. The second kappa shape index (κ2) is 9.62. The summed E-state index contributed by atoms with van der Waals surface area (Å²) in [4.78, 5) is 6.92. The number of guanidine groups is 1. The molecule has 0 bridgehead atoms. The molecule has 1 aliphatic carbocycles. The maximum atomic E-state index is 6.03. The molecule has 0 spiro atoms. The molecule has 2 heterocycles. The fraction of sp³-hybridized carbons (Fsp3) is 0.706. The Hall–Kier alpha value is -0.800. The molecule has 24 heavy (non-hydrogen) atoms. The lowest BCUT2D eigenvalue weighted by Gasteiger charge is -2.32. The number of aryl methyl sites for hydroxylation is 1. The van der Waals surface area contributed by atoms with Gasteiger partial charge in [-0.3, -0.25) is 9.89 Å². The van der Waals surface area contributed by atoms with E-state index in [9.17, 15) is 0 Å². The van der Waals surface area contributed by atoms with E-state index in [1.165, 1.54) is 19.3 Å². The Bertz CT molecular complexity index is 524. The minimum atomic E-state index is 0. The summed E-state index contributed by atoms with van der Waals surface area (Å²) < 4.78 is 11.3. The zero-order chi connectivity index (χ0) is 16.1. The number of ether oxygens (including phenoxy) is 1. The summed E-state index contributed by atoms with van der Waals surface area (Å²) in [6.07, 6.45) is 3.96. The fourth-order valence-electron chi connectivity index (χ4n) is 3.09. The molecule has 1 saturated carbocycles. The Balaban J connectivity index is 0.00000208. The lowest BCUT2D eigenvalue weighted by Crippen LogP contribution is -2.41. The van der Waals surface area contributed by atoms with Crippen LogP contribution in [0.2, 0.25) is 0 Å². The molecule has 3 N–H and O–H groups in total. The topological polar surface area (TPSA) is 76.0 Å².